The average Bonchev–Trinajstić information content (AvgIpc) is 2.93. The van der Waals surface area contributed by atoms with Gasteiger partial charge in [-0.05, 0) is 38.5 Å². The van der Waals surface area contributed by atoms with E-state index in [-0.39, 0.29) is 6.10 Å². The van der Waals surface area contributed by atoms with Gasteiger partial charge >= 0.3 is 0 Å². The van der Waals surface area contributed by atoms with Crippen LogP contribution in [0.5, 0.6) is 5.88 Å². The maximum atomic E-state index is 5.89. The molecule has 3 rings (SSSR count). The number of nitrogens with zero attached hydrogens (tertiary/aromatic N) is 2. The summed E-state index contributed by atoms with van der Waals surface area (Å²) in [5, 5.41) is 3.47. The summed E-state index contributed by atoms with van der Waals surface area (Å²) in [5.74, 6) is 2.20. The Labute approximate surface area is 126 Å². The van der Waals surface area contributed by atoms with Gasteiger partial charge in [0, 0.05) is 24.2 Å². The number of aryl methyl sites for hydroxylation is 1. The molecular weight excluding hydrogens is 266 g/mol. The molecule has 0 bridgehead atoms. The fraction of sp³-hybridized carbons (Fsp3) is 0.750. The van der Waals surface area contributed by atoms with Gasteiger partial charge in [-0.1, -0.05) is 6.92 Å². The Hall–Kier alpha value is -1.36. The molecule has 2 fully saturated rings. The summed E-state index contributed by atoms with van der Waals surface area (Å²) in [6.07, 6.45) is 6.03. The van der Waals surface area contributed by atoms with E-state index in [2.05, 4.69) is 22.2 Å². The summed E-state index contributed by atoms with van der Waals surface area (Å²) in [5.41, 5.74) is 0.936. The van der Waals surface area contributed by atoms with Gasteiger partial charge in [-0.25, -0.2) is 4.98 Å². The number of hydrogen-bond donors (Lipinski definition) is 1. The second-order valence-electron chi connectivity index (χ2n) is 6.38. The van der Waals surface area contributed by atoms with Crippen LogP contribution in [-0.4, -0.2) is 35.3 Å². The third-order valence-electron chi connectivity index (χ3n) is 4.36. The predicted octanol–water partition coefficient (Wildman–Crippen LogP) is 2.94. The van der Waals surface area contributed by atoms with Crippen molar-refractivity contribution in [3.8, 4) is 5.88 Å². The van der Waals surface area contributed by atoms with Crippen LogP contribution in [0.3, 0.4) is 0 Å². The molecule has 0 radical (unpaired) electrons. The minimum absolute atomic E-state index is 0.127. The lowest BCUT2D eigenvalue weighted by atomic mass is 9.87. The number of aromatic nitrogens is 2. The molecule has 1 N–H and O–H groups in total. The molecule has 1 aromatic heterocycles. The van der Waals surface area contributed by atoms with Crippen LogP contribution in [0.15, 0.2) is 6.07 Å². The van der Waals surface area contributed by atoms with E-state index in [1.807, 2.05) is 13.0 Å². The second-order valence-corrected chi connectivity index (χ2v) is 6.38. The van der Waals surface area contributed by atoms with Gasteiger partial charge in [0.05, 0.1) is 13.2 Å². The van der Waals surface area contributed by atoms with E-state index >= 15 is 0 Å². The molecule has 1 aromatic rings. The second kappa shape index (κ2) is 6.60. The normalized spacial score (nSPS) is 29.3. The van der Waals surface area contributed by atoms with Crippen molar-refractivity contribution in [2.24, 2.45) is 5.92 Å². The zero-order valence-corrected chi connectivity index (χ0v) is 13.0. The van der Waals surface area contributed by atoms with E-state index in [0.29, 0.717) is 24.5 Å². The highest BCUT2D eigenvalue weighted by Gasteiger charge is 2.20. The summed E-state index contributed by atoms with van der Waals surface area (Å²) in [6.45, 7) is 5.75. The van der Waals surface area contributed by atoms with E-state index in [1.54, 1.807) is 0 Å². The molecule has 1 aliphatic heterocycles. The standard InChI is InChI=1S/C16H25N3O2/c1-11-3-5-13(6-4-11)18-16-17-12(2)9-15(19-16)21-14-7-8-20-10-14/h9,11,13-14H,3-8,10H2,1-2H3,(H,17,18,19). The predicted molar refractivity (Wildman–Crippen MR) is 81.7 cm³/mol. The van der Waals surface area contributed by atoms with Crippen LogP contribution in [-0.2, 0) is 4.74 Å². The van der Waals surface area contributed by atoms with Gasteiger partial charge in [0.2, 0.25) is 11.8 Å². The lowest BCUT2D eigenvalue weighted by Gasteiger charge is -2.27. The third kappa shape index (κ3) is 4.06. The third-order valence-corrected chi connectivity index (χ3v) is 4.36. The highest BCUT2D eigenvalue weighted by atomic mass is 16.5. The Morgan fingerprint density at radius 2 is 2.00 bits per heavy atom. The molecule has 1 unspecified atom stereocenters. The maximum Gasteiger partial charge on any atom is 0.226 e. The van der Waals surface area contributed by atoms with E-state index < -0.39 is 0 Å². The summed E-state index contributed by atoms with van der Waals surface area (Å²) in [7, 11) is 0. The number of anilines is 1. The molecule has 116 valence electrons. The number of nitrogens with one attached hydrogen (secondary N) is 1. The largest absolute Gasteiger partial charge is 0.472 e. The first-order chi connectivity index (χ1) is 10.2. The molecule has 1 saturated carbocycles. The van der Waals surface area contributed by atoms with E-state index in [0.717, 1.165) is 24.6 Å². The molecule has 0 amide bonds. The molecular formula is C16H25N3O2. The first-order valence-electron chi connectivity index (χ1n) is 8.05. The molecule has 1 atom stereocenters. The molecule has 1 aliphatic carbocycles. The minimum Gasteiger partial charge on any atom is -0.472 e. The number of rotatable bonds is 4. The fourth-order valence-electron chi connectivity index (χ4n) is 3.03. The molecule has 0 aromatic carbocycles. The van der Waals surface area contributed by atoms with Crippen molar-refractivity contribution < 1.29 is 9.47 Å². The van der Waals surface area contributed by atoms with Crippen LogP contribution < -0.4 is 10.1 Å². The van der Waals surface area contributed by atoms with Crippen molar-refractivity contribution in [2.75, 3.05) is 18.5 Å². The van der Waals surface area contributed by atoms with Crippen LogP contribution in [0.25, 0.3) is 0 Å². The van der Waals surface area contributed by atoms with Crippen LogP contribution in [0.2, 0.25) is 0 Å². The van der Waals surface area contributed by atoms with Crippen LogP contribution in [0.4, 0.5) is 5.95 Å². The average molecular weight is 291 g/mol. The lowest BCUT2D eigenvalue weighted by Crippen LogP contribution is -2.26. The Balaban J connectivity index is 1.63. The van der Waals surface area contributed by atoms with E-state index in [4.69, 9.17) is 9.47 Å². The SMILES string of the molecule is Cc1cc(OC2CCOC2)nc(NC2CCC(C)CC2)n1. The van der Waals surface area contributed by atoms with Gasteiger partial charge in [0.1, 0.15) is 6.10 Å². The molecule has 5 nitrogen and oxygen atoms in total. The smallest absolute Gasteiger partial charge is 0.226 e. The number of hydrogen-bond acceptors (Lipinski definition) is 5. The zero-order valence-electron chi connectivity index (χ0n) is 13.0. The van der Waals surface area contributed by atoms with Crippen molar-refractivity contribution in [3.63, 3.8) is 0 Å². The van der Waals surface area contributed by atoms with Gasteiger partial charge in [0.15, 0.2) is 0 Å². The first-order valence-corrected chi connectivity index (χ1v) is 8.05. The van der Waals surface area contributed by atoms with Gasteiger partial charge in [-0.15, -0.1) is 0 Å². The highest BCUT2D eigenvalue weighted by molar-refractivity contribution is 5.32. The van der Waals surface area contributed by atoms with Crippen molar-refractivity contribution in [2.45, 2.75) is 58.1 Å². The molecule has 0 spiro atoms. The first kappa shape index (κ1) is 14.6. The monoisotopic (exact) mass is 291 g/mol. The Bertz CT molecular complexity index is 467. The van der Waals surface area contributed by atoms with Crippen molar-refractivity contribution in [1.29, 1.82) is 0 Å². The Morgan fingerprint density at radius 3 is 2.71 bits per heavy atom. The highest BCUT2D eigenvalue weighted by Crippen LogP contribution is 2.26. The quantitative estimate of drug-likeness (QED) is 0.924. The van der Waals surface area contributed by atoms with Gasteiger partial charge < -0.3 is 14.8 Å². The summed E-state index contributed by atoms with van der Waals surface area (Å²) in [4.78, 5) is 9.00. The maximum absolute atomic E-state index is 5.89. The zero-order chi connectivity index (χ0) is 14.7. The Kier molecular flexibility index (Phi) is 4.58. The van der Waals surface area contributed by atoms with E-state index in [1.165, 1.54) is 25.7 Å². The molecule has 21 heavy (non-hydrogen) atoms. The summed E-state index contributed by atoms with van der Waals surface area (Å²) in [6, 6.07) is 2.39. The minimum atomic E-state index is 0.127. The topological polar surface area (TPSA) is 56.3 Å². The van der Waals surface area contributed by atoms with Crippen LogP contribution >= 0.6 is 0 Å². The van der Waals surface area contributed by atoms with Crippen molar-refractivity contribution in [3.05, 3.63) is 11.8 Å². The fourth-order valence-corrected chi connectivity index (χ4v) is 3.03. The van der Waals surface area contributed by atoms with Gasteiger partial charge in [0.25, 0.3) is 0 Å². The van der Waals surface area contributed by atoms with Crippen LogP contribution in [0, 0.1) is 12.8 Å². The summed E-state index contributed by atoms with van der Waals surface area (Å²) < 4.78 is 11.2. The molecule has 2 aliphatic rings. The van der Waals surface area contributed by atoms with E-state index in [9.17, 15) is 0 Å². The van der Waals surface area contributed by atoms with Gasteiger partial charge in [-0.3, -0.25) is 0 Å². The lowest BCUT2D eigenvalue weighted by molar-refractivity contribution is 0.138. The van der Waals surface area contributed by atoms with Crippen molar-refractivity contribution >= 4 is 5.95 Å². The summed E-state index contributed by atoms with van der Waals surface area (Å²) >= 11 is 0. The molecule has 1 saturated heterocycles. The number of ether oxygens (including phenoxy) is 2. The van der Waals surface area contributed by atoms with Crippen molar-refractivity contribution in [1.82, 2.24) is 9.97 Å². The van der Waals surface area contributed by atoms with Gasteiger partial charge in [-0.2, -0.15) is 4.98 Å². The molecule has 5 heteroatoms. The Morgan fingerprint density at radius 1 is 1.19 bits per heavy atom. The molecule has 2 heterocycles. The van der Waals surface area contributed by atoms with Crippen LogP contribution in [0.1, 0.15) is 44.7 Å².